The molecule has 0 N–H and O–H groups in total. The van der Waals surface area contributed by atoms with E-state index in [1.807, 2.05) is 36.4 Å². The van der Waals surface area contributed by atoms with Gasteiger partial charge < -0.3 is 4.42 Å². The number of carbonyl (C=O) groups excluding carboxylic acids is 1. The maximum atomic E-state index is 11.4. The number of hydrogen-bond acceptors (Lipinski definition) is 4. The van der Waals surface area contributed by atoms with Crippen LogP contribution in [0.25, 0.3) is 0 Å². The third-order valence-corrected chi connectivity index (χ3v) is 4.49. The summed E-state index contributed by atoms with van der Waals surface area (Å²) >= 11 is 6.11. The molecule has 0 fully saturated rings. The Balaban J connectivity index is 2.15. The smallest absolute Gasteiger partial charge is 0.211 e. The molecule has 0 bridgehead atoms. The second kappa shape index (κ2) is 7.97. The number of rotatable bonds is 7. The maximum absolute atomic E-state index is 11.4. The minimum Gasteiger partial charge on any atom is -0.458 e. The van der Waals surface area contributed by atoms with Crippen molar-refractivity contribution in [3.8, 4) is 0 Å². The Morgan fingerprint density at radius 1 is 1.04 bits per heavy atom. The molecule has 0 spiro atoms. The third kappa shape index (κ3) is 4.00. The number of carbonyl (C=O) groups is 1. The number of halogens is 1. The van der Waals surface area contributed by atoms with Crippen LogP contribution in [0.4, 0.5) is 0 Å². The molecule has 0 saturated carbocycles. The zero-order chi connectivity index (χ0) is 18.5. The van der Waals surface area contributed by atoms with E-state index in [2.05, 4.69) is 0 Å². The largest absolute Gasteiger partial charge is 0.458 e. The van der Waals surface area contributed by atoms with Gasteiger partial charge in [-0.15, -0.1) is 0 Å². The van der Waals surface area contributed by atoms with Gasteiger partial charge in [-0.2, -0.15) is 0 Å². The van der Waals surface area contributed by atoms with Crippen LogP contribution in [0, 0.1) is 10.1 Å². The highest BCUT2D eigenvalue weighted by Gasteiger charge is 2.33. The minimum absolute atomic E-state index is 0.187. The van der Waals surface area contributed by atoms with Crippen LogP contribution in [0.2, 0.25) is 5.02 Å². The zero-order valence-electron chi connectivity index (χ0n) is 13.7. The highest BCUT2D eigenvalue weighted by molar-refractivity contribution is 6.30. The summed E-state index contributed by atoms with van der Waals surface area (Å²) in [5.74, 6) is -0.234. The molecule has 3 rings (SSSR count). The van der Waals surface area contributed by atoms with Gasteiger partial charge in [-0.05, 0) is 35.4 Å². The molecule has 2 aromatic carbocycles. The molecule has 0 unspecified atom stereocenters. The first-order valence-electron chi connectivity index (χ1n) is 8.05. The predicted molar refractivity (Wildman–Crippen MR) is 98.4 cm³/mol. The molecular weight excluding hydrogens is 354 g/mol. The van der Waals surface area contributed by atoms with Crippen molar-refractivity contribution in [1.29, 1.82) is 0 Å². The van der Waals surface area contributed by atoms with Crippen LogP contribution in [0.1, 0.15) is 39.3 Å². The number of nitrogens with zero attached hydrogens (tertiary/aromatic N) is 1. The molecule has 0 aliphatic carbocycles. The Kier molecular flexibility index (Phi) is 5.49. The lowest BCUT2D eigenvalue weighted by Gasteiger charge is -2.24. The first-order chi connectivity index (χ1) is 12.6. The molecule has 2 atom stereocenters. The molecule has 0 radical (unpaired) electrons. The van der Waals surface area contributed by atoms with Crippen LogP contribution >= 0.6 is 11.6 Å². The standard InChI is InChI=1S/C20H16ClNO4/c21-16-8-4-7-15(11-16)18(12-22(24)25)20(14-5-2-1-3-6-14)19-10-9-17(13-23)26-19/h1-11,13,18,20H,12H2/t18-,20+/m0/s1. The molecule has 0 saturated heterocycles. The third-order valence-electron chi connectivity index (χ3n) is 4.25. The molecular formula is C20H16ClNO4. The van der Waals surface area contributed by atoms with E-state index in [1.54, 1.807) is 30.3 Å². The van der Waals surface area contributed by atoms with Crippen molar-refractivity contribution in [2.75, 3.05) is 6.54 Å². The van der Waals surface area contributed by atoms with Gasteiger partial charge in [0.1, 0.15) is 5.76 Å². The Morgan fingerprint density at radius 2 is 1.77 bits per heavy atom. The first-order valence-corrected chi connectivity index (χ1v) is 8.43. The lowest BCUT2D eigenvalue weighted by molar-refractivity contribution is -0.483. The van der Waals surface area contributed by atoms with Crippen molar-refractivity contribution in [2.24, 2.45) is 0 Å². The summed E-state index contributed by atoms with van der Waals surface area (Å²) in [5, 5.41) is 11.9. The summed E-state index contributed by atoms with van der Waals surface area (Å²) in [7, 11) is 0. The molecule has 26 heavy (non-hydrogen) atoms. The number of furan rings is 1. The van der Waals surface area contributed by atoms with E-state index in [-0.39, 0.29) is 17.2 Å². The highest BCUT2D eigenvalue weighted by atomic mass is 35.5. The van der Waals surface area contributed by atoms with Gasteiger partial charge in [0.05, 0.1) is 11.8 Å². The quantitative estimate of drug-likeness (QED) is 0.336. The Hall–Kier alpha value is -2.92. The van der Waals surface area contributed by atoms with Crippen LogP contribution in [0.5, 0.6) is 0 Å². The second-order valence-corrected chi connectivity index (χ2v) is 6.36. The van der Waals surface area contributed by atoms with E-state index in [0.29, 0.717) is 17.1 Å². The number of hydrogen-bond donors (Lipinski definition) is 0. The van der Waals surface area contributed by atoms with E-state index < -0.39 is 11.8 Å². The highest BCUT2D eigenvalue weighted by Crippen LogP contribution is 2.40. The Labute approximate surface area is 155 Å². The van der Waals surface area contributed by atoms with E-state index in [4.69, 9.17) is 16.0 Å². The van der Waals surface area contributed by atoms with Crippen LogP contribution < -0.4 is 0 Å². The van der Waals surface area contributed by atoms with Crippen LogP contribution in [0.3, 0.4) is 0 Å². The fourth-order valence-corrected chi connectivity index (χ4v) is 3.35. The Bertz CT molecular complexity index is 907. The monoisotopic (exact) mass is 369 g/mol. The average molecular weight is 370 g/mol. The van der Waals surface area contributed by atoms with E-state index in [1.165, 1.54) is 0 Å². The van der Waals surface area contributed by atoms with Crippen molar-refractivity contribution in [1.82, 2.24) is 0 Å². The lowest BCUT2D eigenvalue weighted by atomic mass is 9.80. The minimum atomic E-state index is -0.503. The molecule has 5 nitrogen and oxygen atoms in total. The number of benzene rings is 2. The Morgan fingerprint density at radius 3 is 2.38 bits per heavy atom. The van der Waals surface area contributed by atoms with Gasteiger partial charge in [0.15, 0.2) is 12.0 Å². The zero-order valence-corrected chi connectivity index (χ0v) is 14.5. The average Bonchev–Trinajstić information content (AvgIpc) is 3.10. The van der Waals surface area contributed by atoms with Gasteiger partial charge in [0.2, 0.25) is 6.54 Å². The predicted octanol–water partition coefficient (Wildman–Crippen LogP) is 4.94. The molecule has 132 valence electrons. The van der Waals surface area contributed by atoms with Gasteiger partial charge in [0, 0.05) is 9.95 Å². The van der Waals surface area contributed by atoms with Gasteiger partial charge in [0.25, 0.3) is 0 Å². The lowest BCUT2D eigenvalue weighted by Crippen LogP contribution is -2.21. The van der Waals surface area contributed by atoms with Crippen molar-refractivity contribution < 1.29 is 14.1 Å². The van der Waals surface area contributed by atoms with Gasteiger partial charge >= 0.3 is 0 Å². The van der Waals surface area contributed by atoms with Crippen LogP contribution in [-0.2, 0) is 0 Å². The fourth-order valence-electron chi connectivity index (χ4n) is 3.16. The van der Waals surface area contributed by atoms with Crippen LogP contribution in [-0.4, -0.2) is 17.8 Å². The second-order valence-electron chi connectivity index (χ2n) is 5.92. The van der Waals surface area contributed by atoms with Gasteiger partial charge in [-0.1, -0.05) is 54.1 Å². The topological polar surface area (TPSA) is 73.3 Å². The molecule has 6 heteroatoms. The van der Waals surface area contributed by atoms with Crippen molar-refractivity contribution >= 4 is 17.9 Å². The van der Waals surface area contributed by atoms with Gasteiger partial charge in [-0.3, -0.25) is 14.9 Å². The molecule has 3 aromatic rings. The van der Waals surface area contributed by atoms with Crippen molar-refractivity contribution in [3.05, 3.63) is 105 Å². The summed E-state index contributed by atoms with van der Waals surface area (Å²) in [4.78, 5) is 22.1. The van der Waals surface area contributed by atoms with Crippen molar-refractivity contribution in [2.45, 2.75) is 11.8 Å². The summed E-state index contributed by atoms with van der Waals surface area (Å²) < 4.78 is 5.64. The van der Waals surface area contributed by atoms with E-state index in [0.717, 1.165) is 11.1 Å². The molecule has 0 amide bonds. The van der Waals surface area contributed by atoms with E-state index >= 15 is 0 Å². The number of nitro groups is 1. The summed E-state index contributed by atoms with van der Waals surface area (Å²) in [5.41, 5.74) is 1.61. The summed E-state index contributed by atoms with van der Waals surface area (Å²) in [6, 6.07) is 19.7. The first kappa shape index (κ1) is 17.9. The summed E-state index contributed by atoms with van der Waals surface area (Å²) in [6.07, 6.45) is 0.618. The molecule has 0 aliphatic rings. The molecule has 0 aliphatic heterocycles. The van der Waals surface area contributed by atoms with E-state index in [9.17, 15) is 14.9 Å². The number of aldehydes is 1. The maximum Gasteiger partial charge on any atom is 0.211 e. The molecule has 1 heterocycles. The van der Waals surface area contributed by atoms with Gasteiger partial charge in [-0.25, -0.2) is 0 Å². The van der Waals surface area contributed by atoms with Crippen molar-refractivity contribution in [3.63, 3.8) is 0 Å². The van der Waals surface area contributed by atoms with Crippen LogP contribution in [0.15, 0.2) is 71.1 Å². The summed E-state index contributed by atoms with van der Waals surface area (Å²) in [6.45, 7) is -0.295. The molecule has 1 aromatic heterocycles. The normalized spacial score (nSPS) is 13.1. The SMILES string of the molecule is O=Cc1ccc([C@H](c2ccccc2)[C@@H](C[N+](=O)[O-])c2cccc(Cl)c2)o1. The fraction of sp³-hybridized carbons (Fsp3) is 0.150.